The molecule has 0 bridgehead atoms. The van der Waals surface area contributed by atoms with Crippen molar-refractivity contribution in [3.63, 3.8) is 0 Å². The molecule has 0 aliphatic carbocycles. The van der Waals surface area contributed by atoms with Gasteiger partial charge in [-0.1, -0.05) is 36.4 Å². The highest BCUT2D eigenvalue weighted by molar-refractivity contribution is 6.17. The lowest BCUT2D eigenvalue weighted by Crippen LogP contribution is -2.30. The largest absolute Gasteiger partial charge is 0.465 e. The van der Waals surface area contributed by atoms with Crippen LogP contribution in [0.4, 0.5) is 0 Å². The van der Waals surface area contributed by atoms with Gasteiger partial charge in [0, 0.05) is 11.1 Å². The van der Waals surface area contributed by atoms with Crippen molar-refractivity contribution in [1.82, 2.24) is 0 Å². The summed E-state index contributed by atoms with van der Waals surface area (Å²) < 4.78 is 4.81. The average Bonchev–Trinajstić information content (AvgIpc) is 2.60. The van der Waals surface area contributed by atoms with Gasteiger partial charge in [-0.3, -0.25) is 9.79 Å². The summed E-state index contributed by atoms with van der Waals surface area (Å²) in [5.74, 6) is -0.368. The third-order valence-electron chi connectivity index (χ3n) is 4.33. The quantitative estimate of drug-likeness (QED) is 0.629. The van der Waals surface area contributed by atoms with Crippen LogP contribution in [-0.2, 0) is 11.2 Å². The smallest absolute Gasteiger partial charge is 0.337 e. The van der Waals surface area contributed by atoms with E-state index in [2.05, 4.69) is 13.8 Å². The van der Waals surface area contributed by atoms with Gasteiger partial charge in [-0.2, -0.15) is 0 Å². The van der Waals surface area contributed by atoms with Crippen LogP contribution < -0.4 is 0 Å². The van der Waals surface area contributed by atoms with Gasteiger partial charge in [-0.25, -0.2) is 4.79 Å². The second-order valence-electron chi connectivity index (χ2n) is 6.88. The molecule has 0 aromatic heterocycles. The molecule has 25 heavy (non-hydrogen) atoms. The van der Waals surface area contributed by atoms with Crippen LogP contribution in [-0.4, -0.2) is 30.1 Å². The van der Waals surface area contributed by atoms with E-state index in [0.717, 1.165) is 23.3 Å². The van der Waals surface area contributed by atoms with Crippen LogP contribution >= 0.6 is 0 Å². The molecule has 1 aliphatic heterocycles. The number of Topliss-reactive ketones (excluding diaryl/α,β-unsaturated/α-hetero) is 1. The molecule has 0 atom stereocenters. The van der Waals surface area contributed by atoms with Crippen LogP contribution in [0.3, 0.4) is 0 Å². The molecule has 0 unspecified atom stereocenters. The first kappa shape index (κ1) is 17.1. The Morgan fingerprint density at radius 3 is 2.48 bits per heavy atom. The Hall–Kier alpha value is -2.75. The number of methoxy groups -OCH3 is 1. The van der Waals surface area contributed by atoms with Gasteiger partial charge in [0.15, 0.2) is 5.78 Å². The van der Waals surface area contributed by atoms with Crippen molar-refractivity contribution in [1.29, 1.82) is 0 Å². The molecular formula is C21H21NO3. The Morgan fingerprint density at radius 1 is 1.08 bits per heavy atom. The second kappa shape index (κ2) is 6.63. The zero-order valence-corrected chi connectivity index (χ0v) is 14.7. The predicted octanol–water partition coefficient (Wildman–Crippen LogP) is 3.87. The zero-order valence-electron chi connectivity index (χ0n) is 14.7. The van der Waals surface area contributed by atoms with E-state index < -0.39 is 0 Å². The summed E-state index contributed by atoms with van der Waals surface area (Å²) in [4.78, 5) is 29.3. The first-order valence-electron chi connectivity index (χ1n) is 8.28. The number of ketones is 1. The molecule has 2 aromatic rings. The fourth-order valence-electron chi connectivity index (χ4n) is 3.19. The summed E-state index contributed by atoms with van der Waals surface area (Å²) in [5.41, 5.74) is 3.56. The lowest BCUT2D eigenvalue weighted by atomic mass is 9.84. The third-order valence-corrected chi connectivity index (χ3v) is 4.33. The van der Waals surface area contributed by atoms with Crippen molar-refractivity contribution >= 4 is 17.5 Å². The maximum absolute atomic E-state index is 12.6. The molecule has 0 spiro atoms. The van der Waals surface area contributed by atoms with E-state index in [-0.39, 0.29) is 23.7 Å². The van der Waals surface area contributed by atoms with Gasteiger partial charge in [0.05, 0.1) is 30.3 Å². The molecule has 2 aromatic carbocycles. The van der Waals surface area contributed by atoms with Crippen molar-refractivity contribution in [2.75, 3.05) is 7.11 Å². The Labute approximate surface area is 147 Å². The Bertz CT molecular complexity index is 851. The fraction of sp³-hybridized carbons (Fsp3) is 0.286. The van der Waals surface area contributed by atoms with Gasteiger partial charge in [-0.05, 0) is 38.0 Å². The number of benzene rings is 2. The minimum absolute atomic E-state index is 0.0199. The first-order chi connectivity index (χ1) is 11.9. The molecule has 0 saturated heterocycles. The van der Waals surface area contributed by atoms with E-state index in [4.69, 9.17) is 9.73 Å². The lowest BCUT2D eigenvalue weighted by molar-refractivity contribution is 0.0600. The van der Waals surface area contributed by atoms with Crippen LogP contribution in [0.25, 0.3) is 0 Å². The molecule has 0 N–H and O–H groups in total. The van der Waals surface area contributed by atoms with Crippen molar-refractivity contribution in [3.8, 4) is 0 Å². The normalized spacial score (nSPS) is 15.1. The van der Waals surface area contributed by atoms with Crippen LogP contribution in [0.2, 0.25) is 0 Å². The summed E-state index contributed by atoms with van der Waals surface area (Å²) in [6.07, 6.45) is 0.984. The van der Waals surface area contributed by atoms with Crippen LogP contribution in [0.1, 0.15) is 52.1 Å². The van der Waals surface area contributed by atoms with Crippen LogP contribution in [0, 0.1) is 0 Å². The number of hydrogen-bond acceptors (Lipinski definition) is 4. The highest BCUT2D eigenvalue weighted by Crippen LogP contribution is 2.29. The van der Waals surface area contributed by atoms with Gasteiger partial charge in [0.1, 0.15) is 0 Å². The van der Waals surface area contributed by atoms with Gasteiger partial charge in [0.25, 0.3) is 0 Å². The molecule has 1 heterocycles. The number of fused-ring (bicyclic) bond motifs is 1. The lowest BCUT2D eigenvalue weighted by Gasteiger charge is -2.29. The fourth-order valence-corrected chi connectivity index (χ4v) is 3.19. The minimum atomic E-state index is -0.388. The van der Waals surface area contributed by atoms with E-state index in [1.54, 1.807) is 12.1 Å². The third kappa shape index (κ3) is 3.68. The zero-order chi connectivity index (χ0) is 18.0. The maximum Gasteiger partial charge on any atom is 0.337 e. The monoisotopic (exact) mass is 335 g/mol. The number of aliphatic imine (C=N–C) groups is 1. The van der Waals surface area contributed by atoms with Gasteiger partial charge < -0.3 is 4.74 Å². The molecule has 0 radical (unpaired) electrons. The van der Waals surface area contributed by atoms with Crippen molar-refractivity contribution in [3.05, 3.63) is 70.8 Å². The standard InChI is InChI=1S/C21H21NO3/c1-21(2)13-16-10-9-15(20(24)25-3)11-17(16)18(22-21)12-19(23)14-7-5-4-6-8-14/h4-11H,12-13H2,1-3H3. The number of nitrogens with zero attached hydrogens (tertiary/aromatic N) is 1. The minimum Gasteiger partial charge on any atom is -0.465 e. The Balaban J connectivity index is 1.99. The molecule has 0 saturated carbocycles. The predicted molar refractivity (Wildman–Crippen MR) is 97.5 cm³/mol. The Morgan fingerprint density at radius 2 is 1.80 bits per heavy atom. The number of ether oxygens (including phenoxy) is 1. The summed E-state index contributed by atoms with van der Waals surface area (Å²) >= 11 is 0. The van der Waals surface area contributed by atoms with E-state index in [0.29, 0.717) is 11.1 Å². The summed E-state index contributed by atoms with van der Waals surface area (Å²) in [6, 6.07) is 14.7. The molecule has 1 aliphatic rings. The number of hydrogen-bond donors (Lipinski definition) is 0. The number of esters is 1. The first-order valence-corrected chi connectivity index (χ1v) is 8.28. The van der Waals surface area contributed by atoms with E-state index in [1.807, 2.05) is 36.4 Å². The van der Waals surface area contributed by atoms with Crippen LogP contribution in [0.5, 0.6) is 0 Å². The molecule has 128 valence electrons. The summed E-state index contributed by atoms with van der Waals surface area (Å²) in [6.45, 7) is 4.11. The van der Waals surface area contributed by atoms with Gasteiger partial charge >= 0.3 is 5.97 Å². The van der Waals surface area contributed by atoms with E-state index in [1.165, 1.54) is 7.11 Å². The van der Waals surface area contributed by atoms with Crippen molar-refractivity contribution in [2.45, 2.75) is 32.2 Å². The molecule has 0 amide bonds. The van der Waals surface area contributed by atoms with Crippen LogP contribution in [0.15, 0.2) is 53.5 Å². The van der Waals surface area contributed by atoms with Crippen molar-refractivity contribution < 1.29 is 14.3 Å². The average molecular weight is 335 g/mol. The summed E-state index contributed by atoms with van der Waals surface area (Å²) in [5, 5.41) is 0. The number of rotatable bonds is 4. The van der Waals surface area contributed by atoms with E-state index in [9.17, 15) is 9.59 Å². The van der Waals surface area contributed by atoms with E-state index >= 15 is 0 Å². The molecule has 4 nitrogen and oxygen atoms in total. The Kier molecular flexibility index (Phi) is 4.53. The van der Waals surface area contributed by atoms with Gasteiger partial charge in [-0.15, -0.1) is 0 Å². The second-order valence-corrected chi connectivity index (χ2v) is 6.88. The topological polar surface area (TPSA) is 55.7 Å². The SMILES string of the molecule is COC(=O)c1ccc2c(c1)C(CC(=O)c1ccccc1)=NC(C)(C)C2. The van der Waals surface area contributed by atoms with Gasteiger partial charge in [0.2, 0.25) is 0 Å². The number of carbonyl (C=O) groups excluding carboxylic acids is 2. The maximum atomic E-state index is 12.6. The molecule has 0 fully saturated rings. The molecule has 4 heteroatoms. The van der Waals surface area contributed by atoms with Crippen molar-refractivity contribution in [2.24, 2.45) is 4.99 Å². The highest BCUT2D eigenvalue weighted by atomic mass is 16.5. The number of carbonyl (C=O) groups is 2. The molecular weight excluding hydrogens is 314 g/mol. The highest BCUT2D eigenvalue weighted by Gasteiger charge is 2.28. The summed E-state index contributed by atoms with van der Waals surface area (Å²) in [7, 11) is 1.36. The molecule has 3 rings (SSSR count).